The molecule has 0 aromatic heterocycles. The molecule has 1 unspecified atom stereocenters. The fourth-order valence-corrected chi connectivity index (χ4v) is 3.84. The highest BCUT2D eigenvalue weighted by atomic mass is 16.5. The minimum atomic E-state index is -0.766. The first-order chi connectivity index (χ1) is 16.3. The SMILES string of the molecule is COC1c2ccccc2NC(=O)[C@H](C(C)C)NC(=O)c2cccc(c2)/C=C/C(=O)NC[C@H]1OC. The van der Waals surface area contributed by atoms with Crippen LogP contribution in [-0.4, -0.2) is 50.6 Å². The number of para-hydroxylation sites is 1. The molecule has 3 N–H and O–H groups in total. The molecule has 1 heterocycles. The minimum Gasteiger partial charge on any atom is -0.377 e. The molecule has 0 aliphatic carbocycles. The average Bonchev–Trinajstić information content (AvgIpc) is 2.83. The van der Waals surface area contributed by atoms with Gasteiger partial charge in [0.1, 0.15) is 18.2 Å². The number of hydrogen-bond donors (Lipinski definition) is 3. The molecule has 3 atom stereocenters. The number of carbonyl (C=O) groups excluding carboxylic acids is 3. The van der Waals surface area contributed by atoms with E-state index in [-0.39, 0.29) is 30.2 Å². The molecular formula is C26H31N3O5. The molecule has 3 amide bonds. The highest BCUT2D eigenvalue weighted by Gasteiger charge is 2.29. The van der Waals surface area contributed by atoms with Gasteiger partial charge in [-0.2, -0.15) is 0 Å². The highest BCUT2D eigenvalue weighted by molar-refractivity contribution is 6.02. The topological polar surface area (TPSA) is 106 Å². The van der Waals surface area contributed by atoms with Crippen LogP contribution >= 0.6 is 0 Å². The van der Waals surface area contributed by atoms with Gasteiger partial charge in [-0.25, -0.2) is 0 Å². The molecule has 34 heavy (non-hydrogen) atoms. The Morgan fingerprint density at radius 3 is 2.41 bits per heavy atom. The lowest BCUT2D eigenvalue weighted by molar-refractivity contribution is -0.119. The zero-order chi connectivity index (χ0) is 24.7. The fraction of sp³-hybridized carbons (Fsp3) is 0.346. The number of carbonyl (C=O) groups is 3. The second-order valence-electron chi connectivity index (χ2n) is 8.41. The van der Waals surface area contributed by atoms with Crippen LogP contribution < -0.4 is 16.0 Å². The van der Waals surface area contributed by atoms with Crippen molar-refractivity contribution in [2.45, 2.75) is 32.1 Å². The Hall–Kier alpha value is -3.49. The van der Waals surface area contributed by atoms with Crippen molar-refractivity contribution in [2.24, 2.45) is 5.92 Å². The lowest BCUT2D eigenvalue weighted by Crippen LogP contribution is -2.47. The smallest absolute Gasteiger partial charge is 0.251 e. The van der Waals surface area contributed by atoms with Crippen molar-refractivity contribution in [3.63, 3.8) is 0 Å². The Kier molecular flexibility index (Phi) is 8.56. The van der Waals surface area contributed by atoms with Gasteiger partial charge in [-0.05, 0) is 35.8 Å². The van der Waals surface area contributed by atoms with Crippen LogP contribution in [0.2, 0.25) is 0 Å². The predicted molar refractivity (Wildman–Crippen MR) is 130 cm³/mol. The van der Waals surface area contributed by atoms with Gasteiger partial charge < -0.3 is 25.4 Å². The summed E-state index contributed by atoms with van der Waals surface area (Å²) < 4.78 is 11.3. The number of ether oxygens (including phenoxy) is 2. The quantitative estimate of drug-likeness (QED) is 0.646. The first-order valence-electron chi connectivity index (χ1n) is 11.2. The number of hydrogen-bond acceptors (Lipinski definition) is 5. The number of rotatable bonds is 3. The van der Waals surface area contributed by atoms with Crippen molar-refractivity contribution < 1.29 is 23.9 Å². The maximum absolute atomic E-state index is 13.3. The summed E-state index contributed by atoms with van der Waals surface area (Å²) in [6.07, 6.45) is 1.95. The summed E-state index contributed by atoms with van der Waals surface area (Å²) in [4.78, 5) is 38.6. The van der Waals surface area contributed by atoms with Gasteiger partial charge in [0.2, 0.25) is 11.8 Å². The number of benzene rings is 2. The predicted octanol–water partition coefficient (Wildman–Crippen LogP) is 2.93. The summed E-state index contributed by atoms with van der Waals surface area (Å²) in [5.41, 5.74) is 2.31. The van der Waals surface area contributed by atoms with Gasteiger partial charge in [0.05, 0.1) is 0 Å². The van der Waals surface area contributed by atoms with Gasteiger partial charge in [-0.3, -0.25) is 14.4 Å². The Balaban J connectivity index is 2.04. The van der Waals surface area contributed by atoms with E-state index in [1.165, 1.54) is 13.2 Å². The first-order valence-corrected chi connectivity index (χ1v) is 11.2. The van der Waals surface area contributed by atoms with Gasteiger partial charge in [0.15, 0.2) is 0 Å². The molecule has 8 nitrogen and oxygen atoms in total. The Morgan fingerprint density at radius 2 is 1.71 bits per heavy atom. The van der Waals surface area contributed by atoms with Gasteiger partial charge in [0, 0.05) is 43.7 Å². The van der Waals surface area contributed by atoms with E-state index >= 15 is 0 Å². The maximum atomic E-state index is 13.3. The minimum absolute atomic E-state index is 0.159. The van der Waals surface area contributed by atoms with Crippen molar-refractivity contribution in [2.75, 3.05) is 26.1 Å². The van der Waals surface area contributed by atoms with E-state index in [0.717, 1.165) is 0 Å². The maximum Gasteiger partial charge on any atom is 0.251 e. The standard InChI is InChI=1S/C26H31N3O5/c1-16(2)23-26(32)28-20-11-6-5-10-19(20)24(34-4)21(33-3)15-27-22(30)13-12-17-8-7-9-18(14-17)25(31)29-23/h5-14,16,21,23-24H,15H2,1-4H3,(H,27,30)(H,28,32)(H,29,31)/b13-12+/t21-,23+,24?/m1/s1. The molecule has 3 rings (SSSR count). The fourth-order valence-electron chi connectivity index (χ4n) is 3.84. The van der Waals surface area contributed by atoms with Crippen LogP contribution in [0.4, 0.5) is 5.69 Å². The van der Waals surface area contributed by atoms with Crippen molar-refractivity contribution in [1.29, 1.82) is 0 Å². The van der Waals surface area contributed by atoms with Crippen LogP contribution in [0.5, 0.6) is 0 Å². The molecule has 8 heteroatoms. The molecular weight excluding hydrogens is 434 g/mol. The van der Waals surface area contributed by atoms with Gasteiger partial charge >= 0.3 is 0 Å². The van der Waals surface area contributed by atoms with E-state index < -0.39 is 18.2 Å². The summed E-state index contributed by atoms with van der Waals surface area (Å²) in [7, 11) is 3.08. The Morgan fingerprint density at radius 1 is 0.941 bits per heavy atom. The van der Waals surface area contributed by atoms with Crippen LogP contribution in [0, 0.1) is 5.92 Å². The molecule has 2 aromatic rings. The van der Waals surface area contributed by atoms with Crippen molar-refractivity contribution in [3.8, 4) is 0 Å². The van der Waals surface area contributed by atoms with Crippen LogP contribution in [0.1, 0.15) is 41.4 Å². The molecule has 0 fully saturated rings. The highest BCUT2D eigenvalue weighted by Crippen LogP contribution is 2.29. The van der Waals surface area contributed by atoms with Crippen LogP contribution in [0.25, 0.3) is 6.08 Å². The molecule has 2 aromatic carbocycles. The second kappa shape index (κ2) is 11.6. The molecule has 0 saturated heterocycles. The lowest BCUT2D eigenvalue weighted by atomic mass is 9.99. The van der Waals surface area contributed by atoms with Crippen LogP contribution in [0.15, 0.2) is 54.6 Å². The number of methoxy groups -OCH3 is 2. The lowest BCUT2D eigenvalue weighted by Gasteiger charge is -2.28. The molecule has 2 bridgehead atoms. The average molecular weight is 466 g/mol. The summed E-state index contributed by atoms with van der Waals surface area (Å²) in [6.45, 7) is 3.93. The molecule has 180 valence electrons. The van der Waals surface area contributed by atoms with Gasteiger partial charge in [-0.15, -0.1) is 0 Å². The zero-order valence-corrected chi connectivity index (χ0v) is 19.8. The summed E-state index contributed by atoms with van der Waals surface area (Å²) in [5.74, 6) is -1.18. The Labute approximate surface area is 199 Å². The molecule has 1 aliphatic rings. The van der Waals surface area contributed by atoms with E-state index in [1.807, 2.05) is 26.0 Å². The van der Waals surface area contributed by atoms with E-state index in [9.17, 15) is 14.4 Å². The second-order valence-corrected chi connectivity index (χ2v) is 8.41. The third-order valence-corrected chi connectivity index (χ3v) is 5.71. The van der Waals surface area contributed by atoms with Crippen molar-refractivity contribution >= 4 is 29.5 Å². The molecule has 1 aliphatic heterocycles. The number of amides is 3. The molecule has 0 radical (unpaired) electrons. The van der Waals surface area contributed by atoms with Crippen LogP contribution in [-0.2, 0) is 19.1 Å². The normalized spacial score (nSPS) is 22.7. The van der Waals surface area contributed by atoms with E-state index in [2.05, 4.69) is 16.0 Å². The van der Waals surface area contributed by atoms with E-state index in [4.69, 9.17) is 9.47 Å². The van der Waals surface area contributed by atoms with Crippen molar-refractivity contribution in [3.05, 3.63) is 71.3 Å². The summed E-state index contributed by atoms with van der Waals surface area (Å²) in [6, 6.07) is 13.3. The third-order valence-electron chi connectivity index (χ3n) is 5.71. The van der Waals surface area contributed by atoms with E-state index in [0.29, 0.717) is 22.4 Å². The first kappa shape index (κ1) is 25.1. The molecule has 0 saturated carbocycles. The largest absolute Gasteiger partial charge is 0.377 e. The number of fused-ring (bicyclic) bond motifs is 3. The summed E-state index contributed by atoms with van der Waals surface area (Å²) in [5, 5.41) is 8.61. The van der Waals surface area contributed by atoms with E-state index in [1.54, 1.807) is 49.6 Å². The monoisotopic (exact) mass is 465 g/mol. The van der Waals surface area contributed by atoms with Crippen molar-refractivity contribution in [1.82, 2.24) is 10.6 Å². The Bertz CT molecular complexity index is 1070. The third kappa shape index (κ3) is 6.09. The van der Waals surface area contributed by atoms with Gasteiger partial charge in [-0.1, -0.05) is 44.2 Å². The zero-order valence-electron chi connectivity index (χ0n) is 19.8. The number of anilines is 1. The van der Waals surface area contributed by atoms with Crippen LogP contribution in [0.3, 0.4) is 0 Å². The number of nitrogens with one attached hydrogen (secondary N) is 3. The van der Waals surface area contributed by atoms with Gasteiger partial charge in [0.25, 0.3) is 5.91 Å². The summed E-state index contributed by atoms with van der Waals surface area (Å²) >= 11 is 0. The molecule has 0 spiro atoms.